The molecular formula is C13H23N. The van der Waals surface area contributed by atoms with Crippen molar-refractivity contribution in [1.82, 2.24) is 4.90 Å². The molecule has 0 aromatic carbocycles. The fourth-order valence-corrected chi connectivity index (χ4v) is 4.13. The maximum absolute atomic E-state index is 2.82. The Balaban J connectivity index is 1.63. The van der Waals surface area contributed by atoms with E-state index in [0.717, 1.165) is 11.3 Å². The monoisotopic (exact) mass is 193 g/mol. The number of rotatable bonds is 2. The molecule has 4 rings (SSSR count). The van der Waals surface area contributed by atoms with Crippen LogP contribution in [0.3, 0.4) is 0 Å². The van der Waals surface area contributed by atoms with E-state index in [1.807, 2.05) is 0 Å². The highest BCUT2D eigenvalue weighted by atomic mass is 15.3. The van der Waals surface area contributed by atoms with E-state index in [9.17, 15) is 0 Å². The summed E-state index contributed by atoms with van der Waals surface area (Å²) in [6, 6.07) is 0. The molecule has 4 aliphatic rings. The summed E-state index contributed by atoms with van der Waals surface area (Å²) in [6.45, 7) is 7.63. The Labute approximate surface area is 87.9 Å². The summed E-state index contributed by atoms with van der Waals surface area (Å²) in [5, 5.41) is 0. The topological polar surface area (TPSA) is 3.24 Å². The number of piperidine rings is 1. The second-order valence-corrected chi connectivity index (χ2v) is 6.32. The van der Waals surface area contributed by atoms with Crippen LogP contribution in [0.15, 0.2) is 0 Å². The normalized spacial score (nSPS) is 47.4. The van der Waals surface area contributed by atoms with Crippen LogP contribution in [-0.4, -0.2) is 23.5 Å². The van der Waals surface area contributed by atoms with Crippen molar-refractivity contribution in [2.45, 2.75) is 57.9 Å². The van der Waals surface area contributed by atoms with Gasteiger partial charge in [0.25, 0.3) is 0 Å². The molecule has 0 unspecified atom stereocenters. The highest BCUT2D eigenvalue weighted by Gasteiger charge is 2.70. The van der Waals surface area contributed by atoms with Crippen molar-refractivity contribution in [3.8, 4) is 0 Å². The summed E-state index contributed by atoms with van der Waals surface area (Å²) in [7, 11) is 0. The van der Waals surface area contributed by atoms with Gasteiger partial charge in [0.1, 0.15) is 0 Å². The second-order valence-electron chi connectivity index (χ2n) is 6.32. The first-order chi connectivity index (χ1) is 6.67. The van der Waals surface area contributed by atoms with Gasteiger partial charge in [-0.25, -0.2) is 0 Å². The molecule has 1 heteroatoms. The van der Waals surface area contributed by atoms with Gasteiger partial charge in [-0.05, 0) is 56.5 Å². The summed E-state index contributed by atoms with van der Waals surface area (Å²) in [6.07, 6.45) is 8.96. The Morgan fingerprint density at radius 1 is 0.929 bits per heavy atom. The molecule has 1 heterocycles. The Morgan fingerprint density at radius 2 is 1.50 bits per heavy atom. The van der Waals surface area contributed by atoms with Crippen molar-refractivity contribution in [3.63, 3.8) is 0 Å². The molecule has 14 heavy (non-hydrogen) atoms. The maximum Gasteiger partial charge on any atom is 0.0225 e. The van der Waals surface area contributed by atoms with Crippen LogP contribution in [0, 0.1) is 11.3 Å². The van der Waals surface area contributed by atoms with Crippen LogP contribution in [0.5, 0.6) is 0 Å². The van der Waals surface area contributed by atoms with Crippen molar-refractivity contribution in [2.24, 2.45) is 11.3 Å². The summed E-state index contributed by atoms with van der Waals surface area (Å²) in [5.41, 5.74) is 1.50. The van der Waals surface area contributed by atoms with Gasteiger partial charge < -0.3 is 0 Å². The van der Waals surface area contributed by atoms with Gasteiger partial charge >= 0.3 is 0 Å². The summed E-state index contributed by atoms with van der Waals surface area (Å²) in [5.74, 6) is 0.925. The van der Waals surface area contributed by atoms with E-state index in [1.54, 1.807) is 0 Å². The predicted octanol–water partition coefficient (Wildman–Crippen LogP) is 3.05. The highest BCUT2D eigenvalue weighted by molar-refractivity contribution is 5.24. The molecule has 2 bridgehead atoms. The molecule has 80 valence electrons. The van der Waals surface area contributed by atoms with Gasteiger partial charge in [-0.3, -0.25) is 4.90 Å². The zero-order valence-electron chi connectivity index (χ0n) is 9.68. The van der Waals surface area contributed by atoms with E-state index >= 15 is 0 Å². The number of hydrogen-bond acceptors (Lipinski definition) is 1. The van der Waals surface area contributed by atoms with Gasteiger partial charge in [0, 0.05) is 5.54 Å². The van der Waals surface area contributed by atoms with E-state index < -0.39 is 0 Å². The largest absolute Gasteiger partial charge is 0.298 e. The van der Waals surface area contributed by atoms with Gasteiger partial charge in [0.15, 0.2) is 0 Å². The van der Waals surface area contributed by atoms with Crippen LogP contribution in [0.2, 0.25) is 0 Å². The molecule has 4 fully saturated rings. The Kier molecular flexibility index (Phi) is 1.81. The first-order valence-corrected chi connectivity index (χ1v) is 6.42. The van der Waals surface area contributed by atoms with Crippen LogP contribution in [-0.2, 0) is 0 Å². The molecule has 0 aromatic heterocycles. The van der Waals surface area contributed by atoms with Crippen LogP contribution < -0.4 is 0 Å². The summed E-state index contributed by atoms with van der Waals surface area (Å²) < 4.78 is 0. The summed E-state index contributed by atoms with van der Waals surface area (Å²) in [4.78, 5) is 2.82. The Bertz CT molecular complexity index is 218. The lowest BCUT2D eigenvalue weighted by molar-refractivity contribution is -0.244. The standard InChI is InChI=1S/C13H23N/c1-11(2)12-8-13(9-12,10-12)14-6-4-3-5-7-14/h11H,3-10H2,1-2H3. The molecule has 1 nitrogen and oxygen atoms in total. The van der Waals surface area contributed by atoms with E-state index in [-0.39, 0.29) is 0 Å². The minimum Gasteiger partial charge on any atom is -0.298 e. The number of likely N-dealkylation sites (tertiary alicyclic amines) is 1. The van der Waals surface area contributed by atoms with E-state index in [1.165, 1.54) is 51.6 Å². The lowest BCUT2D eigenvalue weighted by Gasteiger charge is -2.76. The fraction of sp³-hybridized carbons (Fsp3) is 1.00. The SMILES string of the molecule is CC(C)C12CC(N3CCCCC3)(C1)C2. The zero-order valence-corrected chi connectivity index (χ0v) is 9.68. The fourth-order valence-electron chi connectivity index (χ4n) is 4.13. The maximum atomic E-state index is 2.82. The third-order valence-electron chi connectivity index (χ3n) is 5.29. The highest BCUT2D eigenvalue weighted by Crippen LogP contribution is 2.73. The third kappa shape index (κ3) is 0.997. The minimum atomic E-state index is 0.713. The number of hydrogen-bond donors (Lipinski definition) is 0. The summed E-state index contributed by atoms with van der Waals surface area (Å²) >= 11 is 0. The molecule has 3 aliphatic carbocycles. The molecule has 0 radical (unpaired) electrons. The van der Waals surface area contributed by atoms with Gasteiger partial charge in [-0.15, -0.1) is 0 Å². The van der Waals surface area contributed by atoms with Crippen LogP contribution in [0.25, 0.3) is 0 Å². The molecule has 0 spiro atoms. The third-order valence-corrected chi connectivity index (χ3v) is 5.29. The van der Waals surface area contributed by atoms with Crippen molar-refractivity contribution in [1.29, 1.82) is 0 Å². The van der Waals surface area contributed by atoms with Crippen molar-refractivity contribution in [2.75, 3.05) is 13.1 Å². The Morgan fingerprint density at radius 3 is 2.00 bits per heavy atom. The molecule has 3 saturated carbocycles. The van der Waals surface area contributed by atoms with E-state index in [4.69, 9.17) is 0 Å². The van der Waals surface area contributed by atoms with Crippen molar-refractivity contribution in [3.05, 3.63) is 0 Å². The first kappa shape index (κ1) is 9.21. The molecule has 1 saturated heterocycles. The minimum absolute atomic E-state index is 0.713. The molecule has 0 aromatic rings. The second kappa shape index (κ2) is 2.75. The average molecular weight is 193 g/mol. The predicted molar refractivity (Wildman–Crippen MR) is 59.3 cm³/mol. The molecule has 0 atom stereocenters. The van der Waals surface area contributed by atoms with Gasteiger partial charge in [-0.2, -0.15) is 0 Å². The zero-order chi connectivity index (χ0) is 9.81. The molecule has 1 aliphatic heterocycles. The smallest absolute Gasteiger partial charge is 0.0225 e. The molecule has 0 amide bonds. The van der Waals surface area contributed by atoms with E-state index in [0.29, 0.717) is 5.54 Å². The van der Waals surface area contributed by atoms with Crippen LogP contribution >= 0.6 is 0 Å². The van der Waals surface area contributed by atoms with Crippen molar-refractivity contribution < 1.29 is 0 Å². The van der Waals surface area contributed by atoms with Gasteiger partial charge in [0.05, 0.1) is 0 Å². The van der Waals surface area contributed by atoms with Crippen LogP contribution in [0.4, 0.5) is 0 Å². The van der Waals surface area contributed by atoms with E-state index in [2.05, 4.69) is 18.7 Å². The van der Waals surface area contributed by atoms with Gasteiger partial charge in [-0.1, -0.05) is 20.3 Å². The lowest BCUT2D eigenvalue weighted by Crippen LogP contribution is -2.76. The average Bonchev–Trinajstić information content (AvgIpc) is 2.00. The lowest BCUT2D eigenvalue weighted by atomic mass is 9.35. The first-order valence-electron chi connectivity index (χ1n) is 6.42. The quantitative estimate of drug-likeness (QED) is 0.651. The van der Waals surface area contributed by atoms with Crippen molar-refractivity contribution >= 4 is 0 Å². The van der Waals surface area contributed by atoms with Crippen LogP contribution in [0.1, 0.15) is 52.4 Å². The molecular weight excluding hydrogens is 170 g/mol. The van der Waals surface area contributed by atoms with Gasteiger partial charge in [0.2, 0.25) is 0 Å². The number of nitrogens with zero attached hydrogens (tertiary/aromatic N) is 1. The Hall–Kier alpha value is -0.0400. The molecule has 0 N–H and O–H groups in total.